The van der Waals surface area contributed by atoms with Crippen LogP contribution in [-0.2, 0) is 9.63 Å². The molecular weight excluding hydrogens is 220 g/mol. The Labute approximate surface area is 100 Å². The Kier molecular flexibility index (Phi) is 4.66. The SMILES string of the molecule is CON(C)C(=O)C(C)NC(=O)c1ccccc1. The van der Waals surface area contributed by atoms with Crippen LogP contribution in [0.1, 0.15) is 17.3 Å². The molecule has 2 amide bonds. The van der Waals surface area contributed by atoms with Crippen molar-refractivity contribution in [1.82, 2.24) is 10.4 Å². The van der Waals surface area contributed by atoms with Crippen LogP contribution >= 0.6 is 0 Å². The average molecular weight is 236 g/mol. The van der Waals surface area contributed by atoms with Gasteiger partial charge in [0.15, 0.2) is 0 Å². The number of hydroxylamine groups is 2. The lowest BCUT2D eigenvalue weighted by molar-refractivity contribution is -0.170. The summed E-state index contributed by atoms with van der Waals surface area (Å²) in [5.41, 5.74) is 0.521. The first-order valence-corrected chi connectivity index (χ1v) is 5.24. The summed E-state index contributed by atoms with van der Waals surface area (Å²) < 4.78 is 0. The van der Waals surface area contributed by atoms with Crippen LogP contribution < -0.4 is 5.32 Å². The zero-order valence-corrected chi connectivity index (χ0v) is 10.1. The lowest BCUT2D eigenvalue weighted by atomic mass is 10.2. The highest BCUT2D eigenvalue weighted by Crippen LogP contribution is 2.00. The molecule has 0 bridgehead atoms. The third-order valence-corrected chi connectivity index (χ3v) is 2.34. The van der Waals surface area contributed by atoms with Gasteiger partial charge in [-0.2, -0.15) is 0 Å². The maximum Gasteiger partial charge on any atom is 0.268 e. The summed E-state index contributed by atoms with van der Waals surface area (Å²) in [6, 6.07) is 8.10. The molecule has 0 aromatic heterocycles. The Morgan fingerprint density at radius 3 is 2.41 bits per heavy atom. The lowest BCUT2D eigenvalue weighted by Crippen LogP contribution is -2.45. The third-order valence-electron chi connectivity index (χ3n) is 2.34. The first kappa shape index (κ1) is 13.2. The second-order valence-corrected chi connectivity index (χ2v) is 3.58. The fourth-order valence-corrected chi connectivity index (χ4v) is 1.29. The van der Waals surface area contributed by atoms with E-state index < -0.39 is 6.04 Å². The van der Waals surface area contributed by atoms with E-state index in [0.29, 0.717) is 5.56 Å². The predicted octanol–water partition coefficient (Wildman–Crippen LogP) is 0.825. The zero-order chi connectivity index (χ0) is 12.8. The van der Waals surface area contributed by atoms with E-state index in [4.69, 9.17) is 4.84 Å². The highest BCUT2D eigenvalue weighted by Gasteiger charge is 2.19. The molecule has 0 fully saturated rings. The number of nitrogens with zero attached hydrogens (tertiary/aromatic N) is 1. The number of likely N-dealkylation sites (N-methyl/N-ethyl adjacent to an activating group) is 1. The number of nitrogens with one attached hydrogen (secondary N) is 1. The van der Waals surface area contributed by atoms with Crippen LogP contribution in [0.5, 0.6) is 0 Å². The van der Waals surface area contributed by atoms with Gasteiger partial charge in [0, 0.05) is 12.6 Å². The molecular formula is C12H16N2O3. The lowest BCUT2D eigenvalue weighted by Gasteiger charge is -2.19. The summed E-state index contributed by atoms with van der Waals surface area (Å²) in [5, 5.41) is 3.68. The van der Waals surface area contributed by atoms with Gasteiger partial charge in [0.25, 0.3) is 11.8 Å². The first-order chi connectivity index (χ1) is 8.06. The topological polar surface area (TPSA) is 58.6 Å². The molecule has 17 heavy (non-hydrogen) atoms. The van der Waals surface area contributed by atoms with Gasteiger partial charge in [-0.15, -0.1) is 0 Å². The standard InChI is InChI=1S/C12H16N2O3/c1-9(12(16)14(2)17-3)13-11(15)10-7-5-4-6-8-10/h4-9H,1-3H3,(H,13,15). The summed E-state index contributed by atoms with van der Waals surface area (Å²) in [6.45, 7) is 1.61. The molecule has 0 spiro atoms. The van der Waals surface area contributed by atoms with Crippen LogP contribution in [0.4, 0.5) is 0 Å². The van der Waals surface area contributed by atoms with Crippen molar-refractivity contribution in [2.24, 2.45) is 0 Å². The molecule has 0 aliphatic carbocycles. The second kappa shape index (κ2) is 6.00. The molecule has 1 atom stereocenters. The molecule has 5 nitrogen and oxygen atoms in total. The van der Waals surface area contributed by atoms with Gasteiger partial charge in [0.2, 0.25) is 0 Å². The first-order valence-electron chi connectivity index (χ1n) is 5.24. The van der Waals surface area contributed by atoms with E-state index >= 15 is 0 Å². The number of carbonyl (C=O) groups is 2. The van der Waals surface area contributed by atoms with E-state index in [0.717, 1.165) is 5.06 Å². The van der Waals surface area contributed by atoms with Gasteiger partial charge in [-0.25, -0.2) is 5.06 Å². The van der Waals surface area contributed by atoms with Crippen LogP contribution in [0, 0.1) is 0 Å². The number of benzene rings is 1. The van der Waals surface area contributed by atoms with Crippen molar-refractivity contribution < 1.29 is 14.4 Å². The van der Waals surface area contributed by atoms with Gasteiger partial charge in [0.1, 0.15) is 6.04 Å². The highest BCUT2D eigenvalue weighted by molar-refractivity contribution is 5.97. The van der Waals surface area contributed by atoms with E-state index in [1.807, 2.05) is 6.07 Å². The molecule has 92 valence electrons. The smallest absolute Gasteiger partial charge is 0.268 e. The number of hydrogen-bond acceptors (Lipinski definition) is 3. The largest absolute Gasteiger partial charge is 0.340 e. The van der Waals surface area contributed by atoms with Gasteiger partial charge in [-0.3, -0.25) is 14.4 Å². The Balaban J connectivity index is 2.61. The summed E-state index contributed by atoms with van der Waals surface area (Å²) >= 11 is 0. The van der Waals surface area contributed by atoms with Crippen LogP contribution in [0.3, 0.4) is 0 Å². The molecule has 1 aromatic rings. The third kappa shape index (κ3) is 3.57. The highest BCUT2D eigenvalue weighted by atomic mass is 16.7. The van der Waals surface area contributed by atoms with Gasteiger partial charge in [-0.1, -0.05) is 18.2 Å². The summed E-state index contributed by atoms with van der Waals surface area (Å²) in [4.78, 5) is 28.1. The van der Waals surface area contributed by atoms with E-state index in [1.165, 1.54) is 14.2 Å². The van der Waals surface area contributed by atoms with Gasteiger partial charge < -0.3 is 5.32 Å². The maximum absolute atomic E-state index is 11.7. The van der Waals surface area contributed by atoms with Crippen LogP contribution in [0.15, 0.2) is 30.3 Å². The quantitative estimate of drug-likeness (QED) is 0.787. The van der Waals surface area contributed by atoms with Gasteiger partial charge in [-0.05, 0) is 19.1 Å². The van der Waals surface area contributed by atoms with Gasteiger partial charge >= 0.3 is 0 Å². The molecule has 0 saturated heterocycles. The predicted molar refractivity (Wildman–Crippen MR) is 63.1 cm³/mol. The molecule has 5 heteroatoms. The van der Waals surface area contributed by atoms with Crippen molar-refractivity contribution in [3.05, 3.63) is 35.9 Å². The monoisotopic (exact) mass is 236 g/mol. The normalized spacial score (nSPS) is 11.7. The van der Waals surface area contributed by atoms with E-state index in [2.05, 4.69) is 5.32 Å². The molecule has 0 heterocycles. The van der Waals surface area contributed by atoms with Crippen molar-refractivity contribution in [2.75, 3.05) is 14.2 Å². The van der Waals surface area contributed by atoms with Crippen molar-refractivity contribution in [3.63, 3.8) is 0 Å². The van der Waals surface area contributed by atoms with Gasteiger partial charge in [0.05, 0.1) is 7.11 Å². The fourth-order valence-electron chi connectivity index (χ4n) is 1.29. The summed E-state index contributed by atoms with van der Waals surface area (Å²) in [5.74, 6) is -0.590. The number of carbonyl (C=O) groups excluding carboxylic acids is 2. The van der Waals surface area contributed by atoms with Crippen molar-refractivity contribution >= 4 is 11.8 Å². The van der Waals surface area contributed by atoms with Crippen LogP contribution in [0.2, 0.25) is 0 Å². The van der Waals surface area contributed by atoms with Crippen molar-refractivity contribution in [3.8, 4) is 0 Å². The maximum atomic E-state index is 11.7. The molecule has 0 saturated carbocycles. The fraction of sp³-hybridized carbons (Fsp3) is 0.333. The molecule has 1 rings (SSSR count). The Morgan fingerprint density at radius 2 is 1.88 bits per heavy atom. The van der Waals surface area contributed by atoms with Crippen LogP contribution in [0.25, 0.3) is 0 Å². The minimum Gasteiger partial charge on any atom is -0.340 e. The molecule has 1 N–H and O–H groups in total. The van der Waals surface area contributed by atoms with Crippen molar-refractivity contribution in [2.45, 2.75) is 13.0 Å². The Bertz CT molecular complexity index is 392. The van der Waals surface area contributed by atoms with E-state index in [9.17, 15) is 9.59 Å². The summed E-state index contributed by atoms with van der Waals surface area (Å²) in [6.07, 6.45) is 0. The minimum absolute atomic E-state index is 0.282. The molecule has 1 unspecified atom stereocenters. The molecule has 0 aliphatic heterocycles. The zero-order valence-electron chi connectivity index (χ0n) is 10.1. The Hall–Kier alpha value is -1.88. The molecule has 0 aliphatic rings. The number of rotatable bonds is 4. The molecule has 1 aromatic carbocycles. The minimum atomic E-state index is -0.632. The summed E-state index contributed by atoms with van der Waals surface area (Å²) in [7, 11) is 2.89. The average Bonchev–Trinajstić information content (AvgIpc) is 2.37. The van der Waals surface area contributed by atoms with Crippen LogP contribution in [-0.4, -0.2) is 37.1 Å². The second-order valence-electron chi connectivity index (χ2n) is 3.58. The van der Waals surface area contributed by atoms with E-state index in [1.54, 1.807) is 31.2 Å². The number of amides is 2. The molecule has 0 radical (unpaired) electrons. The number of hydrogen-bond donors (Lipinski definition) is 1. The van der Waals surface area contributed by atoms with Crippen molar-refractivity contribution in [1.29, 1.82) is 0 Å². The van der Waals surface area contributed by atoms with E-state index in [-0.39, 0.29) is 11.8 Å². The Morgan fingerprint density at radius 1 is 1.29 bits per heavy atom.